The second-order valence-corrected chi connectivity index (χ2v) is 5.01. The molecule has 0 aromatic carbocycles. The number of amides is 1. The van der Waals surface area contributed by atoms with Crippen LogP contribution in [0.15, 0.2) is 12.4 Å². The lowest BCUT2D eigenvalue weighted by Gasteiger charge is -2.06. The molecule has 0 fully saturated rings. The maximum atomic E-state index is 11.8. The number of carbonyl (C=O) groups is 1. The van der Waals surface area contributed by atoms with Crippen molar-refractivity contribution >= 4 is 17.7 Å². The first-order valence-corrected chi connectivity index (χ1v) is 6.31. The monoisotopic (exact) mass is 281 g/mol. The van der Waals surface area contributed by atoms with Gasteiger partial charge in [-0.3, -0.25) is 9.48 Å². The molecule has 0 bridgehead atoms. The largest absolute Gasteiger partial charge is 0.441 e. The van der Waals surface area contributed by atoms with Gasteiger partial charge in [0.2, 0.25) is 0 Å². The highest BCUT2D eigenvalue weighted by Crippen LogP contribution is 2.29. The molecule has 0 unspecified atom stereocenters. The molecule has 0 atom stereocenters. The predicted octanol–water partition coefficient (Wildman–Crippen LogP) is 2.45. The molecule has 0 aliphatic rings. The van der Waals surface area contributed by atoms with Crippen LogP contribution < -0.4 is 5.32 Å². The van der Waals surface area contributed by atoms with Gasteiger partial charge in [-0.2, -0.15) is 18.3 Å². The number of hydrogen-bond donors (Lipinski definition) is 1. The number of nitrogens with zero attached hydrogens (tertiary/aromatic N) is 2. The van der Waals surface area contributed by atoms with Crippen molar-refractivity contribution in [2.45, 2.75) is 25.4 Å². The molecular formula is C10H14F3N3OS. The van der Waals surface area contributed by atoms with Crippen molar-refractivity contribution in [1.29, 1.82) is 0 Å². The number of rotatable bonds is 5. The Morgan fingerprint density at radius 1 is 1.56 bits per heavy atom. The smallest absolute Gasteiger partial charge is 0.351 e. The molecule has 4 nitrogen and oxygen atoms in total. The Kier molecular flexibility index (Phi) is 5.06. The Morgan fingerprint density at radius 3 is 2.72 bits per heavy atom. The molecule has 1 amide bonds. The van der Waals surface area contributed by atoms with Crippen molar-refractivity contribution in [3.05, 3.63) is 18.0 Å². The molecule has 0 radical (unpaired) electrons. The van der Waals surface area contributed by atoms with Gasteiger partial charge < -0.3 is 5.32 Å². The summed E-state index contributed by atoms with van der Waals surface area (Å²) in [7, 11) is 0. The summed E-state index contributed by atoms with van der Waals surface area (Å²) in [6.07, 6.45) is 2.96. The van der Waals surface area contributed by atoms with E-state index >= 15 is 0 Å². The van der Waals surface area contributed by atoms with E-state index in [0.29, 0.717) is 5.56 Å². The number of hydrogen-bond acceptors (Lipinski definition) is 3. The number of nitrogens with one attached hydrogen (secondary N) is 1. The molecule has 0 aliphatic heterocycles. The molecule has 1 aromatic heterocycles. The molecule has 18 heavy (non-hydrogen) atoms. The Hall–Kier alpha value is -1.18. The third-order valence-corrected chi connectivity index (χ3v) is 2.78. The second-order valence-electron chi connectivity index (χ2n) is 3.85. The minimum atomic E-state index is -4.26. The van der Waals surface area contributed by atoms with E-state index < -0.39 is 11.4 Å². The van der Waals surface area contributed by atoms with Crippen LogP contribution >= 0.6 is 11.8 Å². The quantitative estimate of drug-likeness (QED) is 0.843. The van der Waals surface area contributed by atoms with Gasteiger partial charge in [0.1, 0.15) is 0 Å². The SMILES string of the molecule is CC(C)n1cc(C(=O)NCCSC(F)(F)F)cn1. The topological polar surface area (TPSA) is 46.9 Å². The zero-order valence-corrected chi connectivity index (χ0v) is 10.8. The van der Waals surface area contributed by atoms with Gasteiger partial charge in [-0.1, -0.05) is 0 Å². The molecular weight excluding hydrogens is 267 g/mol. The maximum absolute atomic E-state index is 11.8. The number of aromatic nitrogens is 2. The van der Waals surface area contributed by atoms with E-state index in [1.807, 2.05) is 13.8 Å². The van der Waals surface area contributed by atoms with E-state index in [9.17, 15) is 18.0 Å². The van der Waals surface area contributed by atoms with Crippen LogP contribution in [0.3, 0.4) is 0 Å². The number of alkyl halides is 3. The lowest BCUT2D eigenvalue weighted by Crippen LogP contribution is -2.26. The van der Waals surface area contributed by atoms with Gasteiger partial charge in [-0.15, -0.1) is 0 Å². The fourth-order valence-electron chi connectivity index (χ4n) is 1.17. The van der Waals surface area contributed by atoms with Gasteiger partial charge in [-0.05, 0) is 25.6 Å². The summed E-state index contributed by atoms with van der Waals surface area (Å²) in [5.74, 6) is -0.613. The first-order chi connectivity index (χ1) is 8.29. The minimum absolute atomic E-state index is 0.0319. The average Bonchev–Trinajstić information content (AvgIpc) is 2.72. The standard InChI is InChI=1S/C10H14F3N3OS/c1-7(2)16-6-8(5-15-16)9(17)14-3-4-18-10(11,12)13/h5-7H,3-4H2,1-2H3,(H,14,17). The fourth-order valence-corrected chi connectivity index (χ4v) is 1.61. The second kappa shape index (κ2) is 6.12. The van der Waals surface area contributed by atoms with Crippen LogP contribution in [0, 0.1) is 0 Å². The zero-order valence-electron chi connectivity index (χ0n) is 9.99. The van der Waals surface area contributed by atoms with Crippen molar-refractivity contribution in [2.75, 3.05) is 12.3 Å². The normalized spacial score (nSPS) is 11.9. The zero-order chi connectivity index (χ0) is 13.8. The van der Waals surface area contributed by atoms with Gasteiger partial charge in [0, 0.05) is 24.5 Å². The highest BCUT2D eigenvalue weighted by molar-refractivity contribution is 8.00. The third kappa shape index (κ3) is 4.99. The summed E-state index contributed by atoms with van der Waals surface area (Å²) >= 11 is -0.155. The number of halogens is 3. The summed E-state index contributed by atoms with van der Waals surface area (Å²) in [6, 6.07) is 0.132. The van der Waals surface area contributed by atoms with Crippen LogP contribution in [0.1, 0.15) is 30.2 Å². The van der Waals surface area contributed by atoms with Gasteiger partial charge >= 0.3 is 5.51 Å². The van der Waals surface area contributed by atoms with Gasteiger partial charge in [-0.25, -0.2) is 0 Å². The molecule has 1 aromatic rings. The van der Waals surface area contributed by atoms with Gasteiger partial charge in [0.25, 0.3) is 5.91 Å². The summed E-state index contributed by atoms with van der Waals surface area (Å²) in [4.78, 5) is 11.6. The highest BCUT2D eigenvalue weighted by atomic mass is 32.2. The van der Waals surface area contributed by atoms with Gasteiger partial charge in [0.05, 0.1) is 11.8 Å². The number of thioether (sulfide) groups is 1. The van der Waals surface area contributed by atoms with Crippen molar-refractivity contribution in [2.24, 2.45) is 0 Å². The summed E-state index contributed by atoms with van der Waals surface area (Å²) in [5.41, 5.74) is -3.91. The Balaban J connectivity index is 2.36. The van der Waals surface area contributed by atoms with E-state index in [0.717, 1.165) is 0 Å². The molecule has 0 spiro atoms. The molecule has 0 aliphatic carbocycles. The van der Waals surface area contributed by atoms with Crippen molar-refractivity contribution in [3.63, 3.8) is 0 Å². The van der Waals surface area contributed by atoms with Crippen LogP contribution in [0.2, 0.25) is 0 Å². The van der Waals surface area contributed by atoms with E-state index in [1.165, 1.54) is 6.20 Å². The Bertz CT molecular complexity index is 403. The predicted molar refractivity (Wildman–Crippen MR) is 63.5 cm³/mol. The van der Waals surface area contributed by atoms with Crippen LogP contribution in [-0.4, -0.2) is 33.5 Å². The Labute approximate surface area is 107 Å². The third-order valence-electron chi connectivity index (χ3n) is 2.05. The first kappa shape index (κ1) is 14.9. The molecule has 1 rings (SSSR count). The molecule has 102 valence electrons. The van der Waals surface area contributed by atoms with Crippen molar-refractivity contribution in [1.82, 2.24) is 15.1 Å². The fraction of sp³-hybridized carbons (Fsp3) is 0.600. The van der Waals surface area contributed by atoms with Crippen molar-refractivity contribution in [3.8, 4) is 0 Å². The molecule has 1 N–H and O–H groups in total. The first-order valence-electron chi connectivity index (χ1n) is 5.32. The van der Waals surface area contributed by atoms with Crippen molar-refractivity contribution < 1.29 is 18.0 Å². The summed E-state index contributed by atoms with van der Waals surface area (Å²) in [6.45, 7) is 3.79. The van der Waals surface area contributed by atoms with Crippen LogP contribution in [-0.2, 0) is 0 Å². The molecule has 8 heteroatoms. The lowest BCUT2D eigenvalue weighted by atomic mass is 10.3. The van der Waals surface area contributed by atoms with E-state index in [1.54, 1.807) is 10.9 Å². The van der Waals surface area contributed by atoms with Crippen LogP contribution in [0.5, 0.6) is 0 Å². The molecule has 0 saturated heterocycles. The summed E-state index contributed by atoms with van der Waals surface area (Å²) in [5, 5.41) is 6.39. The van der Waals surface area contributed by atoms with Gasteiger partial charge in [0.15, 0.2) is 0 Å². The Morgan fingerprint density at radius 2 is 2.22 bits per heavy atom. The number of carbonyl (C=O) groups excluding carboxylic acids is 1. The summed E-state index contributed by atoms with van der Waals surface area (Å²) < 4.78 is 37.1. The van der Waals surface area contributed by atoms with E-state index in [4.69, 9.17) is 0 Å². The van der Waals surface area contributed by atoms with Crippen LogP contribution in [0.4, 0.5) is 13.2 Å². The lowest BCUT2D eigenvalue weighted by molar-refractivity contribution is -0.0327. The maximum Gasteiger partial charge on any atom is 0.441 e. The van der Waals surface area contributed by atoms with E-state index in [-0.39, 0.29) is 30.1 Å². The molecule has 1 heterocycles. The molecule has 0 saturated carbocycles. The minimum Gasteiger partial charge on any atom is -0.351 e. The average molecular weight is 281 g/mol. The highest BCUT2D eigenvalue weighted by Gasteiger charge is 2.27. The van der Waals surface area contributed by atoms with Crippen LogP contribution in [0.25, 0.3) is 0 Å². The van der Waals surface area contributed by atoms with E-state index in [2.05, 4.69) is 10.4 Å².